The van der Waals surface area contributed by atoms with Crippen LogP contribution in [0.5, 0.6) is 0 Å². The fourth-order valence-electron chi connectivity index (χ4n) is 3.52. The zero-order valence-corrected chi connectivity index (χ0v) is 13.2. The second-order valence-corrected chi connectivity index (χ2v) is 7.51. The van der Waals surface area contributed by atoms with Crippen LogP contribution in [-0.2, 0) is 0 Å². The summed E-state index contributed by atoms with van der Waals surface area (Å²) < 4.78 is 0. The number of nitrogens with zero attached hydrogens (tertiary/aromatic N) is 2. The van der Waals surface area contributed by atoms with E-state index < -0.39 is 0 Å². The molecule has 1 N–H and O–H groups in total. The molecule has 3 heteroatoms. The van der Waals surface area contributed by atoms with Crippen LogP contribution >= 0.6 is 0 Å². The summed E-state index contributed by atoms with van der Waals surface area (Å²) >= 11 is 0. The van der Waals surface area contributed by atoms with Gasteiger partial charge in [-0.05, 0) is 31.3 Å². The van der Waals surface area contributed by atoms with Gasteiger partial charge in [-0.25, -0.2) is 0 Å². The molecule has 2 rings (SSSR count). The van der Waals surface area contributed by atoms with Crippen molar-refractivity contribution < 1.29 is 0 Å². The monoisotopic (exact) mass is 267 g/mol. The van der Waals surface area contributed by atoms with Gasteiger partial charge < -0.3 is 15.1 Å². The second-order valence-electron chi connectivity index (χ2n) is 7.51. The van der Waals surface area contributed by atoms with Gasteiger partial charge in [0.15, 0.2) is 0 Å². The largest absolute Gasteiger partial charge is 0.314 e. The SMILES string of the molecule is CN(CCC1CCC1)CC(C)(C)CN1CCNCC1. The summed E-state index contributed by atoms with van der Waals surface area (Å²) in [6, 6.07) is 0. The van der Waals surface area contributed by atoms with Crippen LogP contribution in [0.4, 0.5) is 0 Å². The highest BCUT2D eigenvalue weighted by Gasteiger charge is 2.25. The van der Waals surface area contributed by atoms with E-state index in [9.17, 15) is 0 Å². The zero-order chi connectivity index (χ0) is 13.7. The van der Waals surface area contributed by atoms with Crippen LogP contribution in [0, 0.1) is 11.3 Å². The van der Waals surface area contributed by atoms with E-state index in [1.54, 1.807) is 0 Å². The van der Waals surface area contributed by atoms with Crippen LogP contribution in [0.3, 0.4) is 0 Å². The van der Waals surface area contributed by atoms with Crippen molar-refractivity contribution in [1.82, 2.24) is 15.1 Å². The molecule has 0 spiro atoms. The predicted molar refractivity (Wildman–Crippen MR) is 82.5 cm³/mol. The molecule has 1 aliphatic carbocycles. The number of hydrogen-bond acceptors (Lipinski definition) is 3. The van der Waals surface area contributed by atoms with Crippen LogP contribution in [0.2, 0.25) is 0 Å². The van der Waals surface area contributed by atoms with Crippen molar-refractivity contribution in [2.24, 2.45) is 11.3 Å². The van der Waals surface area contributed by atoms with E-state index in [-0.39, 0.29) is 0 Å². The smallest absolute Gasteiger partial charge is 0.0108 e. The maximum absolute atomic E-state index is 3.43. The minimum atomic E-state index is 0.408. The van der Waals surface area contributed by atoms with Gasteiger partial charge >= 0.3 is 0 Å². The first-order valence-corrected chi connectivity index (χ1v) is 8.17. The van der Waals surface area contributed by atoms with Crippen molar-refractivity contribution in [3.05, 3.63) is 0 Å². The molecule has 19 heavy (non-hydrogen) atoms. The first-order chi connectivity index (χ1) is 9.05. The first-order valence-electron chi connectivity index (χ1n) is 8.17. The molecule has 1 aliphatic heterocycles. The van der Waals surface area contributed by atoms with Crippen LogP contribution < -0.4 is 5.32 Å². The second kappa shape index (κ2) is 7.05. The van der Waals surface area contributed by atoms with Gasteiger partial charge in [0.25, 0.3) is 0 Å². The summed E-state index contributed by atoms with van der Waals surface area (Å²) in [5.74, 6) is 1.04. The van der Waals surface area contributed by atoms with E-state index >= 15 is 0 Å². The molecular weight excluding hydrogens is 234 g/mol. The molecule has 0 aromatic rings. The normalized spacial score (nSPS) is 22.7. The van der Waals surface area contributed by atoms with Crippen molar-refractivity contribution in [3.8, 4) is 0 Å². The average Bonchev–Trinajstić information content (AvgIpc) is 2.26. The molecule has 1 saturated heterocycles. The minimum absolute atomic E-state index is 0.408. The maximum atomic E-state index is 3.43. The Kier molecular flexibility index (Phi) is 5.67. The van der Waals surface area contributed by atoms with E-state index in [1.165, 1.54) is 58.4 Å². The summed E-state index contributed by atoms with van der Waals surface area (Å²) in [5.41, 5.74) is 0.408. The lowest BCUT2D eigenvalue weighted by Crippen LogP contribution is -2.49. The molecule has 112 valence electrons. The van der Waals surface area contributed by atoms with E-state index in [0.717, 1.165) is 19.0 Å². The fourth-order valence-corrected chi connectivity index (χ4v) is 3.52. The highest BCUT2D eigenvalue weighted by molar-refractivity contribution is 4.80. The Morgan fingerprint density at radius 3 is 2.47 bits per heavy atom. The van der Waals surface area contributed by atoms with E-state index in [0.29, 0.717) is 5.41 Å². The van der Waals surface area contributed by atoms with Crippen molar-refractivity contribution >= 4 is 0 Å². The van der Waals surface area contributed by atoms with Crippen LogP contribution in [-0.4, -0.2) is 62.7 Å². The molecule has 1 saturated carbocycles. The third-order valence-corrected chi connectivity index (χ3v) is 4.70. The van der Waals surface area contributed by atoms with Gasteiger partial charge in [0.1, 0.15) is 0 Å². The standard InChI is InChI=1S/C16H33N3/c1-16(2,14-19-11-8-17-9-12-19)13-18(3)10-7-15-5-4-6-15/h15,17H,4-14H2,1-3H3. The highest BCUT2D eigenvalue weighted by Crippen LogP contribution is 2.29. The van der Waals surface area contributed by atoms with Gasteiger partial charge in [-0.1, -0.05) is 33.1 Å². The lowest BCUT2D eigenvalue weighted by atomic mass is 9.83. The van der Waals surface area contributed by atoms with Gasteiger partial charge in [0, 0.05) is 39.3 Å². The summed E-state index contributed by atoms with van der Waals surface area (Å²) in [6.07, 6.45) is 5.86. The Labute approximate surface area is 119 Å². The number of piperazine rings is 1. The molecule has 1 heterocycles. The topological polar surface area (TPSA) is 18.5 Å². The van der Waals surface area contributed by atoms with Crippen molar-refractivity contribution in [3.63, 3.8) is 0 Å². The van der Waals surface area contributed by atoms with Gasteiger partial charge in [0.2, 0.25) is 0 Å². The van der Waals surface area contributed by atoms with Gasteiger partial charge in [-0.3, -0.25) is 0 Å². The molecular formula is C16H33N3. The highest BCUT2D eigenvalue weighted by atomic mass is 15.2. The zero-order valence-electron chi connectivity index (χ0n) is 13.2. The van der Waals surface area contributed by atoms with Gasteiger partial charge in [0.05, 0.1) is 0 Å². The Balaban J connectivity index is 1.65. The molecule has 3 nitrogen and oxygen atoms in total. The quantitative estimate of drug-likeness (QED) is 0.761. The Morgan fingerprint density at radius 2 is 1.89 bits per heavy atom. The van der Waals surface area contributed by atoms with Crippen molar-refractivity contribution in [2.45, 2.75) is 39.5 Å². The Bertz CT molecular complexity index is 255. The Morgan fingerprint density at radius 1 is 1.21 bits per heavy atom. The fraction of sp³-hybridized carbons (Fsp3) is 1.00. The number of nitrogens with one attached hydrogen (secondary N) is 1. The molecule has 2 fully saturated rings. The average molecular weight is 267 g/mol. The summed E-state index contributed by atoms with van der Waals surface area (Å²) in [4.78, 5) is 5.18. The van der Waals surface area contributed by atoms with E-state index in [2.05, 4.69) is 36.0 Å². The predicted octanol–water partition coefficient (Wildman–Crippen LogP) is 2.04. The molecule has 0 aromatic carbocycles. The maximum Gasteiger partial charge on any atom is 0.0108 e. The van der Waals surface area contributed by atoms with Crippen molar-refractivity contribution in [2.75, 3.05) is 52.9 Å². The first kappa shape index (κ1) is 15.3. The van der Waals surface area contributed by atoms with E-state index in [1.807, 2.05) is 0 Å². The van der Waals surface area contributed by atoms with Crippen molar-refractivity contribution in [1.29, 1.82) is 0 Å². The number of hydrogen-bond donors (Lipinski definition) is 1. The van der Waals surface area contributed by atoms with Gasteiger partial charge in [-0.2, -0.15) is 0 Å². The lowest BCUT2D eigenvalue weighted by molar-refractivity contribution is 0.117. The summed E-state index contributed by atoms with van der Waals surface area (Å²) in [5, 5.41) is 3.43. The number of rotatable bonds is 7. The van der Waals surface area contributed by atoms with Crippen LogP contribution in [0.1, 0.15) is 39.5 Å². The molecule has 0 atom stereocenters. The summed E-state index contributed by atoms with van der Waals surface area (Å²) in [6.45, 7) is 13.4. The molecule has 0 aromatic heterocycles. The molecule has 0 unspecified atom stereocenters. The molecule has 0 radical (unpaired) electrons. The van der Waals surface area contributed by atoms with Crippen LogP contribution in [0.15, 0.2) is 0 Å². The minimum Gasteiger partial charge on any atom is -0.314 e. The lowest BCUT2D eigenvalue weighted by Gasteiger charge is -2.38. The third-order valence-electron chi connectivity index (χ3n) is 4.70. The van der Waals surface area contributed by atoms with E-state index in [4.69, 9.17) is 0 Å². The Hall–Kier alpha value is -0.120. The third kappa shape index (κ3) is 5.41. The molecule has 2 aliphatic rings. The molecule has 0 bridgehead atoms. The summed E-state index contributed by atoms with van der Waals surface area (Å²) in [7, 11) is 2.30. The molecule has 0 amide bonds. The van der Waals surface area contributed by atoms with Gasteiger partial charge in [-0.15, -0.1) is 0 Å². The van der Waals surface area contributed by atoms with Crippen LogP contribution in [0.25, 0.3) is 0 Å².